The molecule has 1 unspecified atom stereocenters. The number of benzene rings is 3. The van der Waals surface area contributed by atoms with Gasteiger partial charge in [-0.3, -0.25) is 9.12 Å². The fourth-order valence-electron chi connectivity index (χ4n) is 6.01. The summed E-state index contributed by atoms with van der Waals surface area (Å²) in [7, 11) is -2.02. The van der Waals surface area contributed by atoms with E-state index in [1.807, 2.05) is 43.6 Å². The van der Waals surface area contributed by atoms with Gasteiger partial charge >= 0.3 is 0 Å². The Bertz CT molecular complexity index is 2020. The third kappa shape index (κ3) is 5.65. The summed E-state index contributed by atoms with van der Waals surface area (Å²) in [5.74, 6) is -0.974. The van der Waals surface area contributed by atoms with Crippen molar-refractivity contribution in [3.05, 3.63) is 95.6 Å². The molecule has 44 heavy (non-hydrogen) atoms. The maximum Gasteiger partial charge on any atom is 0.236 e. The van der Waals surface area contributed by atoms with Crippen LogP contribution in [0.15, 0.2) is 66.9 Å². The molecule has 11 heteroatoms. The van der Waals surface area contributed by atoms with Crippen molar-refractivity contribution in [3.8, 4) is 11.3 Å². The quantitative estimate of drug-likeness (QED) is 0.180. The van der Waals surface area contributed by atoms with Gasteiger partial charge in [-0.15, -0.1) is 0 Å². The molecule has 0 aliphatic heterocycles. The fraction of sp³-hybridized carbons (Fsp3) is 0.273. The van der Waals surface area contributed by atoms with Gasteiger partial charge in [0.15, 0.2) is 0 Å². The maximum atomic E-state index is 13.7. The highest BCUT2D eigenvalue weighted by Crippen LogP contribution is 2.40. The number of nitrogens with two attached hydrogens (primary N) is 1. The zero-order chi connectivity index (χ0) is 31.2. The molecule has 228 valence electrons. The van der Waals surface area contributed by atoms with Crippen LogP contribution in [0.3, 0.4) is 0 Å². The summed E-state index contributed by atoms with van der Waals surface area (Å²) >= 11 is 0. The molecule has 2 heterocycles. The molecule has 0 spiro atoms. The number of imidazole rings is 1. The van der Waals surface area contributed by atoms with Crippen LogP contribution in [0.1, 0.15) is 56.1 Å². The highest BCUT2D eigenvalue weighted by Gasteiger charge is 2.25. The van der Waals surface area contributed by atoms with Crippen LogP contribution < -0.4 is 15.8 Å². The lowest BCUT2D eigenvalue weighted by Gasteiger charge is -2.22. The van der Waals surface area contributed by atoms with Gasteiger partial charge < -0.3 is 11.1 Å². The van der Waals surface area contributed by atoms with E-state index < -0.39 is 27.4 Å². The van der Waals surface area contributed by atoms with Gasteiger partial charge in [0, 0.05) is 29.0 Å². The standard InChI is InChI=1S/C33H34F2N6O2S/c1-19(2)33-39-30(31-32(36)38-17-29(41(31)33)21-8-10-24(37-3)11-9-21)27-12-13-28(26-7-5-4-6-25(26)27)40-44(42,43)18-20-14-22(34)16-23(35)15-20/h4-8,12-17,19,24,37,40H,9-11,18H2,1-3H3,(H2,36,38). The van der Waals surface area contributed by atoms with Crippen LogP contribution in [0.5, 0.6) is 0 Å². The van der Waals surface area contributed by atoms with E-state index in [-0.39, 0.29) is 11.5 Å². The second-order valence-electron chi connectivity index (χ2n) is 11.5. The van der Waals surface area contributed by atoms with E-state index in [1.165, 1.54) is 5.57 Å². The first-order valence-corrected chi connectivity index (χ1v) is 16.2. The van der Waals surface area contributed by atoms with Crippen molar-refractivity contribution in [1.29, 1.82) is 0 Å². The zero-order valence-electron chi connectivity index (χ0n) is 24.7. The molecule has 4 N–H and O–H groups in total. The number of rotatable bonds is 8. The van der Waals surface area contributed by atoms with E-state index in [0.717, 1.165) is 53.9 Å². The molecule has 0 saturated carbocycles. The number of hydrogen-bond donors (Lipinski definition) is 3. The SMILES string of the molecule is CNC1CC=C(c2cnc(N)c3c(-c4ccc(NS(=O)(=O)Cc5cc(F)cc(F)c5)c5ccccc45)nc(C(C)C)n23)CC1. The summed E-state index contributed by atoms with van der Waals surface area (Å²) in [5, 5.41) is 4.76. The van der Waals surface area contributed by atoms with E-state index in [0.29, 0.717) is 40.2 Å². The first-order valence-electron chi connectivity index (χ1n) is 14.6. The summed E-state index contributed by atoms with van der Waals surface area (Å²) in [5.41, 5.74) is 11.2. The molecular formula is C33H34F2N6O2S. The summed E-state index contributed by atoms with van der Waals surface area (Å²) in [6, 6.07) is 14.1. The highest BCUT2D eigenvalue weighted by atomic mass is 32.2. The predicted molar refractivity (Wildman–Crippen MR) is 172 cm³/mol. The average molecular weight is 617 g/mol. The molecule has 1 aliphatic carbocycles. The van der Waals surface area contributed by atoms with Crippen LogP contribution in [0, 0.1) is 11.6 Å². The Morgan fingerprint density at radius 2 is 1.80 bits per heavy atom. The monoisotopic (exact) mass is 616 g/mol. The molecule has 0 fully saturated rings. The smallest absolute Gasteiger partial charge is 0.236 e. The third-order valence-corrected chi connectivity index (χ3v) is 9.35. The van der Waals surface area contributed by atoms with Gasteiger partial charge in [-0.2, -0.15) is 0 Å². The Balaban J connectivity index is 1.47. The van der Waals surface area contributed by atoms with Crippen molar-refractivity contribution in [3.63, 3.8) is 0 Å². The van der Waals surface area contributed by atoms with E-state index in [1.54, 1.807) is 6.07 Å². The fourth-order valence-corrected chi connectivity index (χ4v) is 7.20. The molecule has 3 aromatic carbocycles. The molecule has 0 bridgehead atoms. The van der Waals surface area contributed by atoms with Gasteiger partial charge in [-0.25, -0.2) is 27.2 Å². The molecule has 1 atom stereocenters. The Morgan fingerprint density at radius 3 is 2.45 bits per heavy atom. The zero-order valence-corrected chi connectivity index (χ0v) is 25.6. The predicted octanol–water partition coefficient (Wildman–Crippen LogP) is 6.63. The van der Waals surface area contributed by atoms with Gasteiger partial charge in [0.05, 0.1) is 23.3 Å². The highest BCUT2D eigenvalue weighted by molar-refractivity contribution is 7.91. The summed E-state index contributed by atoms with van der Waals surface area (Å²) in [6.07, 6.45) is 6.92. The lowest BCUT2D eigenvalue weighted by atomic mass is 9.93. The molecule has 0 amide bonds. The Kier molecular flexibility index (Phi) is 7.85. The Labute approximate surface area is 255 Å². The molecular weight excluding hydrogens is 582 g/mol. The molecule has 1 aliphatic rings. The van der Waals surface area contributed by atoms with E-state index in [4.69, 9.17) is 10.7 Å². The Morgan fingerprint density at radius 1 is 1.07 bits per heavy atom. The van der Waals surface area contributed by atoms with E-state index in [2.05, 4.69) is 39.3 Å². The van der Waals surface area contributed by atoms with Gasteiger partial charge in [0.2, 0.25) is 10.0 Å². The molecule has 0 saturated heterocycles. The van der Waals surface area contributed by atoms with Crippen LogP contribution in [-0.2, 0) is 15.8 Å². The van der Waals surface area contributed by atoms with Crippen LogP contribution in [0.25, 0.3) is 33.1 Å². The van der Waals surface area contributed by atoms with Crippen LogP contribution in [0.4, 0.5) is 20.3 Å². The van der Waals surface area contributed by atoms with Gasteiger partial charge in [-0.05, 0) is 67.1 Å². The van der Waals surface area contributed by atoms with Crippen molar-refractivity contribution in [1.82, 2.24) is 19.7 Å². The number of hydrogen-bond acceptors (Lipinski definition) is 6. The number of fused-ring (bicyclic) bond motifs is 2. The number of nitrogens with one attached hydrogen (secondary N) is 2. The largest absolute Gasteiger partial charge is 0.382 e. The lowest BCUT2D eigenvalue weighted by molar-refractivity contribution is 0.522. The minimum absolute atomic E-state index is 0.00922. The first-order chi connectivity index (χ1) is 21.0. The van der Waals surface area contributed by atoms with E-state index >= 15 is 0 Å². The van der Waals surface area contributed by atoms with Crippen LogP contribution in [-0.4, -0.2) is 35.9 Å². The van der Waals surface area contributed by atoms with Crippen LogP contribution in [0.2, 0.25) is 0 Å². The second-order valence-corrected chi connectivity index (χ2v) is 13.2. The number of nitrogens with zero attached hydrogens (tertiary/aromatic N) is 3. The van der Waals surface area contributed by atoms with Gasteiger partial charge in [0.1, 0.15) is 34.5 Å². The number of aromatic nitrogens is 3. The topological polar surface area (TPSA) is 114 Å². The molecule has 6 rings (SSSR count). The second kappa shape index (κ2) is 11.6. The summed E-state index contributed by atoms with van der Waals surface area (Å²) in [4.78, 5) is 9.72. The van der Waals surface area contributed by atoms with Crippen molar-refractivity contribution in [2.24, 2.45) is 0 Å². The number of nitrogen functional groups attached to an aromatic ring is 1. The summed E-state index contributed by atoms with van der Waals surface area (Å²) < 4.78 is 58.4. The average Bonchev–Trinajstić information content (AvgIpc) is 3.38. The number of halogens is 2. The third-order valence-electron chi connectivity index (χ3n) is 8.10. The molecule has 5 aromatic rings. The van der Waals surface area contributed by atoms with Crippen molar-refractivity contribution < 1.29 is 17.2 Å². The maximum absolute atomic E-state index is 13.7. The number of anilines is 2. The molecule has 2 aromatic heterocycles. The molecule has 0 radical (unpaired) electrons. The van der Waals surface area contributed by atoms with E-state index in [9.17, 15) is 17.2 Å². The van der Waals surface area contributed by atoms with Crippen LogP contribution >= 0.6 is 0 Å². The first kappa shape index (κ1) is 29.7. The summed E-state index contributed by atoms with van der Waals surface area (Å²) in [6.45, 7) is 4.18. The van der Waals surface area contributed by atoms with Gasteiger partial charge in [0.25, 0.3) is 0 Å². The van der Waals surface area contributed by atoms with Crippen molar-refractivity contribution in [2.75, 3.05) is 17.5 Å². The Hall–Kier alpha value is -4.35. The van der Waals surface area contributed by atoms with Gasteiger partial charge in [-0.1, -0.05) is 44.2 Å². The van der Waals surface area contributed by atoms with Crippen molar-refractivity contribution in [2.45, 2.75) is 50.8 Å². The van der Waals surface area contributed by atoms with Crippen molar-refractivity contribution >= 4 is 43.4 Å². The minimum atomic E-state index is -4.01. The molecule has 8 nitrogen and oxygen atoms in total. The normalized spacial score (nSPS) is 15.7. The lowest BCUT2D eigenvalue weighted by Crippen LogP contribution is -2.26. The minimum Gasteiger partial charge on any atom is -0.382 e. The number of sulfonamides is 1. The number of allylic oxidation sites excluding steroid dienone is 1.